The molecular weight excluding hydrogens is 162 g/mol. The molecule has 0 amide bonds. The van der Waals surface area contributed by atoms with Crippen molar-refractivity contribution in [3.63, 3.8) is 0 Å². The maximum absolute atomic E-state index is 11.2. The SMILES string of the molecule is CCC(=O)CC1CN(C(C)(C)C)C1. The van der Waals surface area contributed by atoms with Crippen molar-refractivity contribution >= 4 is 5.78 Å². The zero-order valence-electron chi connectivity index (χ0n) is 9.26. The minimum atomic E-state index is 0.283. The predicted molar refractivity (Wildman–Crippen MR) is 54.7 cm³/mol. The third-order valence-electron chi connectivity index (χ3n) is 2.82. The molecule has 1 rings (SSSR count). The first-order chi connectivity index (χ1) is 5.93. The maximum atomic E-state index is 11.2. The molecule has 0 radical (unpaired) electrons. The van der Waals surface area contributed by atoms with Crippen LogP contribution in [-0.2, 0) is 4.79 Å². The van der Waals surface area contributed by atoms with Crippen molar-refractivity contribution < 1.29 is 4.79 Å². The van der Waals surface area contributed by atoms with Gasteiger partial charge in [0.1, 0.15) is 5.78 Å². The number of ketones is 1. The Hall–Kier alpha value is -0.370. The molecule has 0 unspecified atom stereocenters. The van der Waals surface area contributed by atoms with Crippen LogP contribution in [-0.4, -0.2) is 29.3 Å². The summed E-state index contributed by atoms with van der Waals surface area (Å²) in [4.78, 5) is 13.6. The number of likely N-dealkylation sites (tertiary alicyclic amines) is 1. The van der Waals surface area contributed by atoms with Crippen LogP contribution in [0.5, 0.6) is 0 Å². The van der Waals surface area contributed by atoms with E-state index in [4.69, 9.17) is 0 Å². The smallest absolute Gasteiger partial charge is 0.133 e. The largest absolute Gasteiger partial charge is 0.300 e. The number of Topliss-reactive ketones (excluding diaryl/α,β-unsaturated/α-hetero) is 1. The van der Waals surface area contributed by atoms with E-state index in [0.29, 0.717) is 18.1 Å². The van der Waals surface area contributed by atoms with E-state index >= 15 is 0 Å². The molecule has 1 saturated heterocycles. The van der Waals surface area contributed by atoms with Crippen molar-refractivity contribution in [1.82, 2.24) is 4.90 Å². The minimum Gasteiger partial charge on any atom is -0.300 e. The van der Waals surface area contributed by atoms with Crippen LogP contribution in [0.3, 0.4) is 0 Å². The lowest BCUT2D eigenvalue weighted by Gasteiger charge is -2.47. The normalized spacial score (nSPS) is 20.0. The molecule has 0 atom stereocenters. The highest BCUT2D eigenvalue weighted by Crippen LogP contribution is 2.27. The van der Waals surface area contributed by atoms with Gasteiger partial charge in [-0.15, -0.1) is 0 Å². The van der Waals surface area contributed by atoms with E-state index in [0.717, 1.165) is 19.5 Å². The lowest BCUT2D eigenvalue weighted by molar-refractivity contribution is -0.121. The van der Waals surface area contributed by atoms with Crippen molar-refractivity contribution in [3.05, 3.63) is 0 Å². The van der Waals surface area contributed by atoms with Gasteiger partial charge in [-0.25, -0.2) is 0 Å². The van der Waals surface area contributed by atoms with Crippen LogP contribution in [0.15, 0.2) is 0 Å². The van der Waals surface area contributed by atoms with E-state index in [1.165, 1.54) is 0 Å². The van der Waals surface area contributed by atoms with Crippen molar-refractivity contribution in [2.75, 3.05) is 13.1 Å². The number of hydrogen-bond acceptors (Lipinski definition) is 2. The summed E-state index contributed by atoms with van der Waals surface area (Å²) in [6.07, 6.45) is 1.50. The quantitative estimate of drug-likeness (QED) is 0.667. The zero-order valence-corrected chi connectivity index (χ0v) is 9.26. The molecule has 13 heavy (non-hydrogen) atoms. The highest BCUT2D eigenvalue weighted by Gasteiger charge is 2.34. The van der Waals surface area contributed by atoms with E-state index in [2.05, 4.69) is 25.7 Å². The summed E-state index contributed by atoms with van der Waals surface area (Å²) < 4.78 is 0. The van der Waals surface area contributed by atoms with Crippen LogP contribution in [0.2, 0.25) is 0 Å². The number of carbonyl (C=O) groups excluding carboxylic acids is 1. The predicted octanol–water partition coefficient (Wildman–Crippen LogP) is 2.09. The van der Waals surface area contributed by atoms with Crippen LogP contribution in [0.25, 0.3) is 0 Å². The van der Waals surface area contributed by atoms with Crippen molar-refractivity contribution in [3.8, 4) is 0 Å². The van der Waals surface area contributed by atoms with Crippen molar-refractivity contribution in [2.45, 2.75) is 46.1 Å². The van der Waals surface area contributed by atoms with Gasteiger partial charge >= 0.3 is 0 Å². The van der Waals surface area contributed by atoms with Gasteiger partial charge in [-0.2, -0.15) is 0 Å². The highest BCUT2D eigenvalue weighted by molar-refractivity contribution is 5.78. The van der Waals surface area contributed by atoms with Gasteiger partial charge in [0.2, 0.25) is 0 Å². The number of hydrogen-bond donors (Lipinski definition) is 0. The molecule has 1 fully saturated rings. The standard InChI is InChI=1S/C11H21NO/c1-5-10(13)6-9-7-12(8-9)11(2,3)4/h9H,5-8H2,1-4H3. The van der Waals surface area contributed by atoms with Gasteiger partial charge in [0.25, 0.3) is 0 Å². The van der Waals surface area contributed by atoms with E-state index in [1.807, 2.05) is 6.92 Å². The van der Waals surface area contributed by atoms with Gasteiger partial charge in [-0.05, 0) is 26.7 Å². The Bertz CT molecular complexity index is 187. The highest BCUT2D eigenvalue weighted by atomic mass is 16.1. The van der Waals surface area contributed by atoms with Crippen LogP contribution in [0.4, 0.5) is 0 Å². The number of nitrogens with zero attached hydrogens (tertiary/aromatic N) is 1. The van der Waals surface area contributed by atoms with Crippen LogP contribution < -0.4 is 0 Å². The Balaban J connectivity index is 2.22. The summed E-state index contributed by atoms with van der Waals surface area (Å²) in [7, 11) is 0. The fourth-order valence-electron chi connectivity index (χ4n) is 1.71. The second-order valence-corrected chi connectivity index (χ2v) is 5.04. The monoisotopic (exact) mass is 183 g/mol. The molecule has 0 aromatic rings. The molecule has 1 heterocycles. The van der Waals surface area contributed by atoms with Crippen LogP contribution >= 0.6 is 0 Å². The molecule has 0 bridgehead atoms. The number of rotatable bonds is 3. The molecule has 76 valence electrons. The summed E-state index contributed by atoms with van der Waals surface area (Å²) in [6.45, 7) is 10.8. The van der Waals surface area contributed by atoms with Gasteiger partial charge in [0.05, 0.1) is 0 Å². The van der Waals surface area contributed by atoms with E-state index in [9.17, 15) is 4.79 Å². The molecular formula is C11H21NO. The van der Waals surface area contributed by atoms with Gasteiger partial charge in [0, 0.05) is 31.5 Å². The maximum Gasteiger partial charge on any atom is 0.133 e. The van der Waals surface area contributed by atoms with E-state index in [-0.39, 0.29) is 5.54 Å². The minimum absolute atomic E-state index is 0.283. The topological polar surface area (TPSA) is 20.3 Å². The summed E-state index contributed by atoms with van der Waals surface area (Å²) in [5.41, 5.74) is 0.283. The van der Waals surface area contributed by atoms with Gasteiger partial charge < -0.3 is 0 Å². The van der Waals surface area contributed by atoms with Gasteiger partial charge in [0.15, 0.2) is 0 Å². The lowest BCUT2D eigenvalue weighted by Crippen LogP contribution is -2.56. The molecule has 0 N–H and O–H groups in total. The Morgan fingerprint density at radius 1 is 1.38 bits per heavy atom. The molecule has 0 spiro atoms. The lowest BCUT2D eigenvalue weighted by atomic mass is 9.88. The third-order valence-corrected chi connectivity index (χ3v) is 2.82. The molecule has 2 nitrogen and oxygen atoms in total. The molecule has 1 aliphatic heterocycles. The van der Waals surface area contributed by atoms with Crippen molar-refractivity contribution in [1.29, 1.82) is 0 Å². The van der Waals surface area contributed by atoms with E-state index < -0.39 is 0 Å². The second-order valence-electron chi connectivity index (χ2n) is 5.04. The summed E-state index contributed by atoms with van der Waals surface area (Å²) in [6, 6.07) is 0. The average molecular weight is 183 g/mol. The van der Waals surface area contributed by atoms with Crippen LogP contribution in [0, 0.1) is 5.92 Å². The number of carbonyl (C=O) groups is 1. The van der Waals surface area contributed by atoms with Crippen LogP contribution in [0.1, 0.15) is 40.5 Å². The molecule has 2 heteroatoms. The Morgan fingerprint density at radius 2 is 1.92 bits per heavy atom. The molecule has 0 aromatic carbocycles. The molecule has 0 aromatic heterocycles. The zero-order chi connectivity index (χ0) is 10.1. The fraction of sp³-hybridized carbons (Fsp3) is 0.909. The molecule has 1 aliphatic rings. The van der Waals surface area contributed by atoms with Crippen molar-refractivity contribution in [2.24, 2.45) is 5.92 Å². The third kappa shape index (κ3) is 2.80. The molecule has 0 aliphatic carbocycles. The first-order valence-electron chi connectivity index (χ1n) is 5.20. The summed E-state index contributed by atoms with van der Waals surface area (Å²) in [5, 5.41) is 0. The fourth-order valence-corrected chi connectivity index (χ4v) is 1.71. The Kier molecular flexibility index (Phi) is 3.12. The Labute approximate surface area is 81.3 Å². The summed E-state index contributed by atoms with van der Waals surface area (Å²) >= 11 is 0. The van der Waals surface area contributed by atoms with Gasteiger partial charge in [-0.1, -0.05) is 6.92 Å². The van der Waals surface area contributed by atoms with E-state index in [1.54, 1.807) is 0 Å². The van der Waals surface area contributed by atoms with Gasteiger partial charge in [-0.3, -0.25) is 9.69 Å². The second kappa shape index (κ2) is 3.79. The average Bonchev–Trinajstić information content (AvgIpc) is 1.92. The first-order valence-corrected chi connectivity index (χ1v) is 5.20. The first kappa shape index (κ1) is 10.7. The molecule has 0 saturated carbocycles. The summed E-state index contributed by atoms with van der Waals surface area (Å²) in [5.74, 6) is 1.05. The Morgan fingerprint density at radius 3 is 2.31 bits per heavy atom.